The Labute approximate surface area is 127 Å². The maximum Gasteiger partial charge on any atom is 0.137 e. The van der Waals surface area contributed by atoms with Crippen LogP contribution in [-0.2, 0) is 6.42 Å². The lowest BCUT2D eigenvalue weighted by Crippen LogP contribution is -2.22. The molecule has 3 heteroatoms. The molecule has 0 bridgehead atoms. The highest BCUT2D eigenvalue weighted by molar-refractivity contribution is 9.10. The first-order chi connectivity index (χ1) is 9.61. The van der Waals surface area contributed by atoms with E-state index in [4.69, 9.17) is 9.47 Å². The minimum absolute atomic E-state index is 0.0972. The van der Waals surface area contributed by atoms with Crippen LogP contribution in [0.15, 0.2) is 40.9 Å². The molecule has 0 aromatic heterocycles. The van der Waals surface area contributed by atoms with Gasteiger partial charge in [0.15, 0.2) is 0 Å². The predicted octanol–water partition coefficient (Wildman–Crippen LogP) is 4.45. The summed E-state index contributed by atoms with van der Waals surface area (Å²) in [6, 6.07) is 12.4. The highest BCUT2D eigenvalue weighted by Crippen LogP contribution is 2.31. The van der Waals surface area contributed by atoms with Crippen LogP contribution in [0, 0.1) is 13.8 Å². The first-order valence-corrected chi connectivity index (χ1v) is 7.56. The Morgan fingerprint density at radius 1 is 1.15 bits per heavy atom. The van der Waals surface area contributed by atoms with E-state index < -0.39 is 0 Å². The number of aryl methyl sites for hydroxylation is 2. The molecule has 3 rings (SSSR count). The summed E-state index contributed by atoms with van der Waals surface area (Å²) in [5.74, 6) is 1.86. The number of rotatable bonds is 3. The molecule has 2 aromatic carbocycles. The van der Waals surface area contributed by atoms with Gasteiger partial charge < -0.3 is 9.47 Å². The Hall–Kier alpha value is -1.48. The molecule has 0 saturated heterocycles. The van der Waals surface area contributed by atoms with Crippen molar-refractivity contribution < 1.29 is 9.47 Å². The lowest BCUT2D eigenvalue weighted by atomic mass is 10.1. The second-order valence-corrected chi connectivity index (χ2v) is 6.15. The van der Waals surface area contributed by atoms with Crippen molar-refractivity contribution in [3.63, 3.8) is 0 Å². The summed E-state index contributed by atoms with van der Waals surface area (Å²) in [7, 11) is 0. The van der Waals surface area contributed by atoms with Crippen molar-refractivity contribution in [2.75, 3.05) is 6.61 Å². The van der Waals surface area contributed by atoms with E-state index in [1.165, 1.54) is 16.7 Å². The van der Waals surface area contributed by atoms with Crippen LogP contribution < -0.4 is 9.47 Å². The summed E-state index contributed by atoms with van der Waals surface area (Å²) in [4.78, 5) is 0. The van der Waals surface area contributed by atoms with Crippen LogP contribution in [-0.4, -0.2) is 12.7 Å². The van der Waals surface area contributed by atoms with Crippen molar-refractivity contribution in [2.45, 2.75) is 26.4 Å². The minimum Gasteiger partial charge on any atom is -0.489 e. The zero-order valence-corrected chi connectivity index (χ0v) is 13.2. The van der Waals surface area contributed by atoms with Gasteiger partial charge in [0.1, 0.15) is 24.2 Å². The standard InChI is InChI=1S/C17H17BrO2/c1-11-3-5-16-13(7-11)9-14(20-16)10-19-17-6-4-12(2)8-15(17)18/h3-8,14H,9-10H2,1-2H3. The van der Waals surface area contributed by atoms with Gasteiger partial charge >= 0.3 is 0 Å². The third kappa shape index (κ3) is 2.83. The topological polar surface area (TPSA) is 18.5 Å². The third-order valence-corrected chi connectivity index (χ3v) is 4.09. The van der Waals surface area contributed by atoms with E-state index in [-0.39, 0.29) is 6.10 Å². The second kappa shape index (κ2) is 5.49. The Morgan fingerprint density at radius 3 is 2.70 bits per heavy atom. The summed E-state index contributed by atoms with van der Waals surface area (Å²) in [6.45, 7) is 4.73. The SMILES string of the molecule is Cc1ccc(OCC2Cc3cc(C)ccc3O2)c(Br)c1. The first kappa shape index (κ1) is 13.5. The molecule has 0 saturated carbocycles. The van der Waals surface area contributed by atoms with Gasteiger partial charge in [0, 0.05) is 6.42 Å². The highest BCUT2D eigenvalue weighted by Gasteiger charge is 2.23. The Kier molecular flexibility index (Phi) is 3.70. The molecule has 1 atom stereocenters. The van der Waals surface area contributed by atoms with Gasteiger partial charge in [-0.1, -0.05) is 23.8 Å². The van der Waals surface area contributed by atoms with Gasteiger partial charge in [-0.2, -0.15) is 0 Å². The molecule has 0 spiro atoms. The molecule has 1 aliphatic heterocycles. The zero-order chi connectivity index (χ0) is 14.1. The summed E-state index contributed by atoms with van der Waals surface area (Å²) >= 11 is 3.53. The monoisotopic (exact) mass is 332 g/mol. The molecule has 2 aromatic rings. The van der Waals surface area contributed by atoms with Gasteiger partial charge in [0.2, 0.25) is 0 Å². The second-order valence-electron chi connectivity index (χ2n) is 5.30. The normalized spacial score (nSPS) is 16.6. The largest absolute Gasteiger partial charge is 0.489 e. The average molecular weight is 333 g/mol. The van der Waals surface area contributed by atoms with Gasteiger partial charge in [-0.25, -0.2) is 0 Å². The van der Waals surface area contributed by atoms with Crippen LogP contribution in [0.3, 0.4) is 0 Å². The fourth-order valence-corrected chi connectivity index (χ4v) is 3.06. The fourth-order valence-electron chi connectivity index (χ4n) is 2.45. The number of fused-ring (bicyclic) bond motifs is 1. The summed E-state index contributed by atoms with van der Waals surface area (Å²) < 4.78 is 12.8. The van der Waals surface area contributed by atoms with Crippen molar-refractivity contribution in [2.24, 2.45) is 0 Å². The van der Waals surface area contributed by atoms with Crippen LogP contribution in [0.2, 0.25) is 0 Å². The van der Waals surface area contributed by atoms with Crippen molar-refractivity contribution in [1.29, 1.82) is 0 Å². The smallest absolute Gasteiger partial charge is 0.137 e. The molecule has 0 fully saturated rings. The van der Waals surface area contributed by atoms with E-state index in [1.807, 2.05) is 18.2 Å². The van der Waals surface area contributed by atoms with Crippen LogP contribution in [0.25, 0.3) is 0 Å². The van der Waals surface area contributed by atoms with Crippen LogP contribution >= 0.6 is 15.9 Å². The molecular weight excluding hydrogens is 316 g/mol. The Balaban J connectivity index is 1.63. The van der Waals surface area contributed by atoms with Gasteiger partial charge in [0.25, 0.3) is 0 Å². The summed E-state index contributed by atoms with van der Waals surface area (Å²) in [5.41, 5.74) is 3.76. The van der Waals surface area contributed by atoms with Crippen LogP contribution in [0.5, 0.6) is 11.5 Å². The molecule has 1 unspecified atom stereocenters. The average Bonchev–Trinajstić information content (AvgIpc) is 2.79. The molecule has 1 aliphatic rings. The molecule has 20 heavy (non-hydrogen) atoms. The lowest BCUT2D eigenvalue weighted by molar-refractivity contribution is 0.148. The van der Waals surface area contributed by atoms with Gasteiger partial charge in [-0.05, 0) is 59.1 Å². The number of halogens is 1. The Morgan fingerprint density at radius 2 is 1.90 bits per heavy atom. The third-order valence-electron chi connectivity index (χ3n) is 3.47. The summed E-state index contributed by atoms with van der Waals surface area (Å²) in [5, 5.41) is 0. The molecule has 104 valence electrons. The van der Waals surface area contributed by atoms with Crippen molar-refractivity contribution >= 4 is 15.9 Å². The van der Waals surface area contributed by atoms with E-state index in [0.29, 0.717) is 6.61 Å². The first-order valence-electron chi connectivity index (χ1n) is 6.77. The van der Waals surface area contributed by atoms with Crippen molar-refractivity contribution in [1.82, 2.24) is 0 Å². The molecule has 0 amide bonds. The van der Waals surface area contributed by atoms with Crippen LogP contribution in [0.1, 0.15) is 16.7 Å². The maximum absolute atomic E-state index is 5.91. The zero-order valence-electron chi connectivity index (χ0n) is 11.7. The number of hydrogen-bond donors (Lipinski definition) is 0. The molecule has 0 N–H and O–H groups in total. The number of hydrogen-bond acceptors (Lipinski definition) is 2. The van der Waals surface area contributed by atoms with Crippen molar-refractivity contribution in [3.8, 4) is 11.5 Å². The lowest BCUT2D eigenvalue weighted by Gasteiger charge is -2.13. The number of ether oxygens (including phenoxy) is 2. The molecule has 2 nitrogen and oxygen atoms in total. The molecule has 1 heterocycles. The van der Waals surface area contributed by atoms with Gasteiger partial charge in [-0.15, -0.1) is 0 Å². The minimum atomic E-state index is 0.0972. The fraction of sp³-hybridized carbons (Fsp3) is 0.294. The number of benzene rings is 2. The molecule has 0 aliphatic carbocycles. The maximum atomic E-state index is 5.91. The molecule has 0 radical (unpaired) electrons. The highest BCUT2D eigenvalue weighted by atomic mass is 79.9. The van der Waals surface area contributed by atoms with Gasteiger partial charge in [0.05, 0.1) is 4.47 Å². The van der Waals surface area contributed by atoms with E-state index >= 15 is 0 Å². The van der Waals surface area contributed by atoms with Crippen molar-refractivity contribution in [3.05, 3.63) is 57.6 Å². The van der Waals surface area contributed by atoms with E-state index in [1.54, 1.807) is 0 Å². The van der Waals surface area contributed by atoms with E-state index in [2.05, 4.69) is 48.0 Å². The quantitative estimate of drug-likeness (QED) is 0.826. The van der Waals surface area contributed by atoms with Crippen LogP contribution in [0.4, 0.5) is 0 Å². The summed E-state index contributed by atoms with van der Waals surface area (Å²) in [6.07, 6.45) is 1.01. The Bertz CT molecular complexity index is 637. The predicted molar refractivity (Wildman–Crippen MR) is 83.7 cm³/mol. The van der Waals surface area contributed by atoms with E-state index in [0.717, 1.165) is 22.4 Å². The van der Waals surface area contributed by atoms with Gasteiger partial charge in [-0.3, -0.25) is 0 Å². The molecular formula is C17H17BrO2. The van der Waals surface area contributed by atoms with E-state index in [9.17, 15) is 0 Å².